The van der Waals surface area contributed by atoms with Crippen LogP contribution in [0.4, 0.5) is 13.2 Å². The Balaban J connectivity index is 0.000000519. The Morgan fingerprint density at radius 1 is 1.06 bits per heavy atom. The monoisotopic (exact) mass is 443 g/mol. The van der Waals surface area contributed by atoms with E-state index in [9.17, 15) is 13.2 Å². The number of nitrogens with zero attached hydrogens (tertiary/aromatic N) is 2. The molecule has 0 aliphatic heterocycles. The van der Waals surface area contributed by atoms with Crippen molar-refractivity contribution in [3.8, 4) is 11.4 Å². The molecule has 7 nitrogen and oxygen atoms in total. The van der Waals surface area contributed by atoms with E-state index in [2.05, 4.69) is 9.55 Å². The molecular formula is C21H28F3N3O4. The summed E-state index contributed by atoms with van der Waals surface area (Å²) < 4.78 is 39.4. The van der Waals surface area contributed by atoms with Crippen LogP contribution < -0.4 is 5.73 Å². The van der Waals surface area contributed by atoms with Gasteiger partial charge in [-0.15, -0.1) is 0 Å². The molecule has 4 N–H and O–H groups in total. The van der Waals surface area contributed by atoms with Gasteiger partial charge >= 0.3 is 6.18 Å². The number of imidazole rings is 1. The first-order chi connectivity index (χ1) is 14.4. The number of rotatable bonds is 3. The molecule has 0 unspecified atom stereocenters. The van der Waals surface area contributed by atoms with E-state index in [1.54, 1.807) is 18.3 Å². The molecule has 0 bridgehead atoms. The molecule has 1 saturated carbocycles. The van der Waals surface area contributed by atoms with Crippen molar-refractivity contribution < 1.29 is 33.0 Å². The first-order valence-corrected chi connectivity index (χ1v) is 9.72. The fraction of sp³-hybridized carbons (Fsp3) is 0.476. The molecule has 0 atom stereocenters. The molecule has 2 aromatic rings. The predicted octanol–water partition coefficient (Wildman–Crippen LogP) is 4.28. The second-order valence-electron chi connectivity index (χ2n) is 7.25. The van der Waals surface area contributed by atoms with Crippen LogP contribution in [0.1, 0.15) is 51.1 Å². The lowest BCUT2D eigenvalue weighted by Crippen LogP contribution is -2.27. The van der Waals surface area contributed by atoms with Gasteiger partial charge in [0, 0.05) is 43.9 Å². The highest BCUT2D eigenvalue weighted by Crippen LogP contribution is 2.32. The molecule has 172 valence electrons. The summed E-state index contributed by atoms with van der Waals surface area (Å²) in [6.07, 6.45) is 2.62. The highest BCUT2D eigenvalue weighted by molar-refractivity contribution is 5.63. The van der Waals surface area contributed by atoms with E-state index in [0.717, 1.165) is 50.9 Å². The predicted molar refractivity (Wildman–Crippen MR) is 110 cm³/mol. The van der Waals surface area contributed by atoms with Gasteiger partial charge in [-0.25, -0.2) is 4.98 Å². The van der Waals surface area contributed by atoms with Gasteiger partial charge < -0.3 is 20.5 Å². The maximum atomic E-state index is 12.4. The van der Waals surface area contributed by atoms with Gasteiger partial charge in [0.2, 0.25) is 0 Å². The Morgan fingerprint density at radius 3 is 2.00 bits per heavy atom. The standard InChI is InChI=1S/C17H20F3N3.2C2H4O2/c18-17(19,20)11-12-1-3-13(4-2-12)16-22-9-10-23(16)15-7-5-14(21)6-8-15;2*1-2(3)4/h1-4,9-10,14-15H,5-8,11,21H2;2*1H3,(H,3,4). The van der Waals surface area contributed by atoms with Gasteiger partial charge in [-0.1, -0.05) is 24.3 Å². The van der Waals surface area contributed by atoms with Gasteiger partial charge in [0.05, 0.1) is 6.42 Å². The number of carboxylic acids is 2. The lowest BCUT2D eigenvalue weighted by Gasteiger charge is -2.28. The average Bonchev–Trinajstić information content (AvgIpc) is 3.10. The molecule has 1 heterocycles. The van der Waals surface area contributed by atoms with Crippen molar-refractivity contribution in [3.63, 3.8) is 0 Å². The maximum absolute atomic E-state index is 12.4. The van der Waals surface area contributed by atoms with Crippen LogP contribution in [0.3, 0.4) is 0 Å². The molecule has 10 heteroatoms. The van der Waals surface area contributed by atoms with Crippen molar-refractivity contribution in [1.82, 2.24) is 9.55 Å². The second kappa shape index (κ2) is 12.1. The lowest BCUT2D eigenvalue weighted by atomic mass is 9.91. The molecular weight excluding hydrogens is 415 g/mol. The van der Waals surface area contributed by atoms with Gasteiger partial charge in [-0.3, -0.25) is 9.59 Å². The number of carbonyl (C=O) groups is 2. The van der Waals surface area contributed by atoms with E-state index in [4.69, 9.17) is 25.5 Å². The molecule has 0 saturated heterocycles. The smallest absolute Gasteiger partial charge is 0.393 e. The number of alkyl halides is 3. The van der Waals surface area contributed by atoms with Crippen LogP contribution >= 0.6 is 0 Å². The summed E-state index contributed by atoms with van der Waals surface area (Å²) in [6.45, 7) is 2.17. The Bertz CT molecular complexity index is 807. The number of halogens is 3. The summed E-state index contributed by atoms with van der Waals surface area (Å²) in [7, 11) is 0. The third kappa shape index (κ3) is 10.6. The minimum Gasteiger partial charge on any atom is -0.481 e. The molecule has 0 radical (unpaired) electrons. The fourth-order valence-corrected chi connectivity index (χ4v) is 3.21. The van der Waals surface area contributed by atoms with E-state index in [0.29, 0.717) is 6.04 Å². The third-order valence-corrected chi connectivity index (χ3v) is 4.42. The minimum atomic E-state index is -4.18. The van der Waals surface area contributed by atoms with Crippen LogP contribution in [0.15, 0.2) is 36.7 Å². The summed E-state index contributed by atoms with van der Waals surface area (Å²) in [5.41, 5.74) is 7.06. The minimum absolute atomic E-state index is 0.267. The zero-order chi connectivity index (χ0) is 23.6. The Labute approximate surface area is 178 Å². The van der Waals surface area contributed by atoms with Gasteiger partial charge in [0.1, 0.15) is 5.82 Å². The quantitative estimate of drug-likeness (QED) is 0.652. The van der Waals surface area contributed by atoms with E-state index in [1.165, 1.54) is 12.1 Å². The van der Waals surface area contributed by atoms with Crippen LogP contribution in [-0.2, 0) is 16.0 Å². The Kier molecular flexibility index (Phi) is 10.2. The molecule has 1 aromatic carbocycles. The van der Waals surface area contributed by atoms with Crippen LogP contribution in [0, 0.1) is 0 Å². The number of carboxylic acid groups (broad SMARTS) is 2. The van der Waals surface area contributed by atoms with Crippen LogP contribution in [-0.4, -0.2) is 43.9 Å². The van der Waals surface area contributed by atoms with Crippen LogP contribution in [0.2, 0.25) is 0 Å². The average molecular weight is 443 g/mol. The van der Waals surface area contributed by atoms with Gasteiger partial charge in [-0.2, -0.15) is 13.2 Å². The third-order valence-electron chi connectivity index (χ3n) is 4.42. The first kappa shape index (κ1) is 26.2. The van der Waals surface area contributed by atoms with Crippen molar-refractivity contribution in [3.05, 3.63) is 42.2 Å². The van der Waals surface area contributed by atoms with Crippen LogP contribution in [0.5, 0.6) is 0 Å². The van der Waals surface area contributed by atoms with Crippen molar-refractivity contribution in [2.75, 3.05) is 0 Å². The van der Waals surface area contributed by atoms with E-state index in [-0.39, 0.29) is 11.6 Å². The zero-order valence-electron chi connectivity index (χ0n) is 17.5. The number of hydrogen-bond acceptors (Lipinski definition) is 4. The molecule has 3 rings (SSSR count). The van der Waals surface area contributed by atoms with E-state index >= 15 is 0 Å². The molecule has 0 spiro atoms. The summed E-state index contributed by atoms with van der Waals surface area (Å²) in [5.74, 6) is -0.857. The van der Waals surface area contributed by atoms with Crippen molar-refractivity contribution in [2.24, 2.45) is 5.73 Å². The number of benzene rings is 1. The highest BCUT2D eigenvalue weighted by Gasteiger charge is 2.27. The Hall–Kier alpha value is -2.88. The van der Waals surface area contributed by atoms with Gasteiger partial charge in [0.25, 0.3) is 11.9 Å². The highest BCUT2D eigenvalue weighted by atomic mass is 19.4. The van der Waals surface area contributed by atoms with Gasteiger partial charge in [0.15, 0.2) is 0 Å². The maximum Gasteiger partial charge on any atom is 0.393 e. The van der Waals surface area contributed by atoms with Crippen molar-refractivity contribution in [1.29, 1.82) is 0 Å². The summed E-state index contributed by atoms with van der Waals surface area (Å²) in [4.78, 5) is 22.4. The molecule has 31 heavy (non-hydrogen) atoms. The van der Waals surface area contributed by atoms with E-state index < -0.39 is 24.5 Å². The topological polar surface area (TPSA) is 118 Å². The Morgan fingerprint density at radius 2 is 1.55 bits per heavy atom. The van der Waals surface area contributed by atoms with Crippen molar-refractivity contribution >= 4 is 11.9 Å². The lowest BCUT2D eigenvalue weighted by molar-refractivity contribution is -0.135. The van der Waals surface area contributed by atoms with E-state index in [1.807, 2.05) is 6.20 Å². The molecule has 0 amide bonds. The molecule has 1 aliphatic rings. The summed E-state index contributed by atoms with van der Waals surface area (Å²) >= 11 is 0. The number of aromatic nitrogens is 2. The normalized spacial score (nSPS) is 18.1. The zero-order valence-corrected chi connectivity index (χ0v) is 17.5. The number of nitrogens with two attached hydrogens (primary N) is 1. The summed E-state index contributed by atoms with van der Waals surface area (Å²) in [6, 6.07) is 7.13. The molecule has 1 fully saturated rings. The number of aliphatic carboxylic acids is 2. The first-order valence-electron chi connectivity index (χ1n) is 9.72. The number of hydrogen-bond donors (Lipinski definition) is 3. The molecule has 1 aromatic heterocycles. The second-order valence-corrected chi connectivity index (χ2v) is 7.25. The SMILES string of the molecule is CC(=O)O.CC(=O)O.NC1CCC(n2ccnc2-c2ccc(CC(F)(F)F)cc2)CC1. The summed E-state index contributed by atoms with van der Waals surface area (Å²) in [5, 5.41) is 14.8. The van der Waals surface area contributed by atoms with Crippen LogP contribution in [0.25, 0.3) is 11.4 Å². The largest absolute Gasteiger partial charge is 0.481 e. The fourth-order valence-electron chi connectivity index (χ4n) is 3.21. The van der Waals surface area contributed by atoms with Gasteiger partial charge in [-0.05, 0) is 31.2 Å². The molecule has 1 aliphatic carbocycles. The van der Waals surface area contributed by atoms with Crippen molar-refractivity contribution in [2.45, 2.75) is 64.2 Å².